The SMILES string of the molecule is CC(C)(C)O/N=C1\C[C@@H](C(N)=O)N(c2ccccc2-n2cccc2)C1. The van der Waals surface area contributed by atoms with E-state index in [1.807, 2.05) is 79.0 Å². The molecule has 1 aromatic heterocycles. The topological polar surface area (TPSA) is 72.8 Å². The van der Waals surface area contributed by atoms with Gasteiger partial charge in [0, 0.05) is 18.8 Å². The summed E-state index contributed by atoms with van der Waals surface area (Å²) >= 11 is 0. The van der Waals surface area contributed by atoms with Gasteiger partial charge >= 0.3 is 0 Å². The standard InChI is InChI=1S/C19H24N4O2/c1-19(2,3)25-21-14-12-17(18(20)24)23(13-14)16-9-5-4-8-15(16)22-10-6-7-11-22/h4-11,17H,12-13H2,1-3H3,(H2,20,24)/b21-14+/t17-/m0/s1. The van der Waals surface area contributed by atoms with Crippen LogP contribution < -0.4 is 10.6 Å². The fourth-order valence-corrected chi connectivity index (χ4v) is 2.90. The molecule has 1 saturated heterocycles. The van der Waals surface area contributed by atoms with Gasteiger partial charge in [0.2, 0.25) is 5.91 Å². The number of primary amides is 1. The van der Waals surface area contributed by atoms with Gasteiger partial charge in [0.1, 0.15) is 11.6 Å². The second-order valence-corrected chi connectivity index (χ2v) is 7.19. The van der Waals surface area contributed by atoms with E-state index in [1.54, 1.807) is 0 Å². The molecule has 6 nitrogen and oxygen atoms in total. The summed E-state index contributed by atoms with van der Waals surface area (Å²) in [6, 6.07) is 11.5. The summed E-state index contributed by atoms with van der Waals surface area (Å²) in [7, 11) is 0. The van der Waals surface area contributed by atoms with Gasteiger partial charge in [0.25, 0.3) is 0 Å². The van der Waals surface area contributed by atoms with Crippen LogP contribution in [0.5, 0.6) is 0 Å². The first-order valence-corrected chi connectivity index (χ1v) is 8.37. The molecule has 2 heterocycles. The monoisotopic (exact) mass is 340 g/mol. The number of nitrogens with zero attached hydrogens (tertiary/aromatic N) is 3. The van der Waals surface area contributed by atoms with E-state index in [-0.39, 0.29) is 11.5 Å². The van der Waals surface area contributed by atoms with Crippen LogP contribution in [0.2, 0.25) is 0 Å². The van der Waals surface area contributed by atoms with Crippen LogP contribution in [-0.2, 0) is 9.63 Å². The van der Waals surface area contributed by atoms with Gasteiger partial charge in [-0.3, -0.25) is 4.79 Å². The number of anilines is 1. The molecule has 0 bridgehead atoms. The van der Waals surface area contributed by atoms with E-state index in [2.05, 4.69) is 5.16 Å². The van der Waals surface area contributed by atoms with Crippen LogP contribution in [0.3, 0.4) is 0 Å². The number of carbonyl (C=O) groups excluding carboxylic acids is 1. The lowest BCUT2D eigenvalue weighted by atomic mass is 10.1. The minimum atomic E-state index is -0.431. The van der Waals surface area contributed by atoms with Gasteiger partial charge in [-0.25, -0.2) is 0 Å². The fourth-order valence-electron chi connectivity index (χ4n) is 2.90. The number of carbonyl (C=O) groups is 1. The van der Waals surface area contributed by atoms with E-state index in [1.165, 1.54) is 0 Å². The number of hydrogen-bond donors (Lipinski definition) is 1. The van der Waals surface area contributed by atoms with Crippen LogP contribution in [0.25, 0.3) is 5.69 Å². The van der Waals surface area contributed by atoms with E-state index in [9.17, 15) is 4.79 Å². The fraction of sp³-hybridized carbons (Fsp3) is 0.368. The molecule has 132 valence electrons. The van der Waals surface area contributed by atoms with Gasteiger partial charge in [0.15, 0.2) is 0 Å². The van der Waals surface area contributed by atoms with Crippen LogP contribution in [0, 0.1) is 0 Å². The molecule has 0 radical (unpaired) electrons. The van der Waals surface area contributed by atoms with Gasteiger partial charge in [0.05, 0.1) is 23.6 Å². The smallest absolute Gasteiger partial charge is 0.240 e. The zero-order valence-electron chi connectivity index (χ0n) is 14.8. The van der Waals surface area contributed by atoms with Gasteiger partial charge in [-0.05, 0) is 45.0 Å². The van der Waals surface area contributed by atoms with Crippen LogP contribution in [-0.4, -0.2) is 34.4 Å². The van der Waals surface area contributed by atoms with Crippen molar-refractivity contribution in [3.8, 4) is 5.69 Å². The Bertz CT molecular complexity index is 775. The summed E-state index contributed by atoms with van der Waals surface area (Å²) in [5.74, 6) is -0.358. The lowest BCUT2D eigenvalue weighted by molar-refractivity contribution is -0.118. The van der Waals surface area contributed by atoms with Crippen LogP contribution >= 0.6 is 0 Å². The third-order valence-corrected chi connectivity index (χ3v) is 4.01. The summed E-state index contributed by atoms with van der Waals surface area (Å²) in [4.78, 5) is 19.5. The van der Waals surface area contributed by atoms with Crippen molar-refractivity contribution in [2.75, 3.05) is 11.4 Å². The predicted octanol–water partition coefficient (Wildman–Crippen LogP) is 2.71. The maximum absolute atomic E-state index is 12.0. The molecule has 1 amide bonds. The first kappa shape index (κ1) is 17.1. The summed E-state index contributed by atoms with van der Waals surface area (Å²) in [5, 5.41) is 4.26. The van der Waals surface area contributed by atoms with Crippen molar-refractivity contribution in [3.63, 3.8) is 0 Å². The molecule has 25 heavy (non-hydrogen) atoms. The summed E-state index contributed by atoms with van der Waals surface area (Å²) < 4.78 is 2.02. The Morgan fingerprint density at radius 2 is 1.80 bits per heavy atom. The van der Waals surface area contributed by atoms with E-state index < -0.39 is 6.04 Å². The number of aromatic nitrogens is 1. The van der Waals surface area contributed by atoms with Crippen LogP contribution in [0.15, 0.2) is 53.9 Å². The Balaban J connectivity index is 1.94. The second-order valence-electron chi connectivity index (χ2n) is 7.19. The molecule has 3 rings (SSSR count). The molecule has 1 aromatic carbocycles. The van der Waals surface area contributed by atoms with Crippen molar-refractivity contribution in [2.45, 2.75) is 38.8 Å². The minimum absolute atomic E-state index is 0.358. The first-order chi connectivity index (χ1) is 11.8. The highest BCUT2D eigenvalue weighted by Crippen LogP contribution is 2.30. The molecular formula is C19H24N4O2. The van der Waals surface area contributed by atoms with Crippen LogP contribution in [0.1, 0.15) is 27.2 Å². The van der Waals surface area contributed by atoms with E-state index in [4.69, 9.17) is 10.6 Å². The molecule has 0 spiro atoms. The maximum Gasteiger partial charge on any atom is 0.240 e. The number of oxime groups is 1. The van der Waals surface area contributed by atoms with Gasteiger partial charge in [-0.1, -0.05) is 17.3 Å². The molecule has 1 fully saturated rings. The largest absolute Gasteiger partial charge is 0.390 e. The molecule has 2 N–H and O–H groups in total. The van der Waals surface area contributed by atoms with E-state index in [0.717, 1.165) is 17.1 Å². The maximum atomic E-state index is 12.0. The van der Waals surface area contributed by atoms with Gasteiger partial charge in [-0.2, -0.15) is 0 Å². The molecular weight excluding hydrogens is 316 g/mol. The quantitative estimate of drug-likeness (QED) is 0.870. The Labute approximate surface area is 147 Å². The Morgan fingerprint density at radius 3 is 2.40 bits per heavy atom. The third kappa shape index (κ3) is 3.84. The molecule has 2 aromatic rings. The zero-order valence-corrected chi connectivity index (χ0v) is 14.8. The van der Waals surface area contributed by atoms with Crippen molar-refractivity contribution >= 4 is 17.3 Å². The molecule has 1 aliphatic rings. The number of amides is 1. The highest BCUT2D eigenvalue weighted by Gasteiger charge is 2.35. The lowest BCUT2D eigenvalue weighted by Crippen LogP contribution is -2.40. The first-order valence-electron chi connectivity index (χ1n) is 8.37. The molecule has 1 aliphatic heterocycles. The average Bonchev–Trinajstić information content (AvgIpc) is 3.22. The number of benzene rings is 1. The molecule has 0 saturated carbocycles. The highest BCUT2D eigenvalue weighted by atomic mass is 16.6. The minimum Gasteiger partial charge on any atom is -0.390 e. The van der Waals surface area contributed by atoms with Gasteiger partial charge < -0.3 is 20.0 Å². The van der Waals surface area contributed by atoms with Crippen molar-refractivity contribution < 1.29 is 9.63 Å². The van der Waals surface area contributed by atoms with E-state index >= 15 is 0 Å². The van der Waals surface area contributed by atoms with Gasteiger partial charge in [-0.15, -0.1) is 0 Å². The van der Waals surface area contributed by atoms with Crippen molar-refractivity contribution in [3.05, 3.63) is 48.8 Å². The van der Waals surface area contributed by atoms with E-state index in [0.29, 0.717) is 13.0 Å². The van der Waals surface area contributed by atoms with Crippen LogP contribution in [0.4, 0.5) is 5.69 Å². The average molecular weight is 340 g/mol. The summed E-state index contributed by atoms with van der Waals surface area (Å²) in [5.41, 5.74) is 8.05. The molecule has 0 aliphatic carbocycles. The van der Waals surface area contributed by atoms with Crippen molar-refractivity contribution in [2.24, 2.45) is 10.9 Å². The highest BCUT2D eigenvalue weighted by molar-refractivity contribution is 6.01. The lowest BCUT2D eigenvalue weighted by Gasteiger charge is -2.26. The molecule has 6 heteroatoms. The summed E-state index contributed by atoms with van der Waals surface area (Å²) in [6.07, 6.45) is 4.43. The second kappa shape index (κ2) is 6.63. The number of nitrogens with two attached hydrogens (primary N) is 1. The van der Waals surface area contributed by atoms with Crippen molar-refractivity contribution in [1.82, 2.24) is 4.57 Å². The summed E-state index contributed by atoms with van der Waals surface area (Å²) in [6.45, 7) is 6.34. The number of rotatable bonds is 4. The molecule has 0 unspecified atom stereocenters. The Hall–Kier alpha value is -2.76. The van der Waals surface area contributed by atoms with Crippen molar-refractivity contribution in [1.29, 1.82) is 0 Å². The number of hydrogen-bond acceptors (Lipinski definition) is 4. The normalized spacial score (nSPS) is 19.4. The zero-order chi connectivity index (χ0) is 18.0. The predicted molar refractivity (Wildman–Crippen MR) is 99.0 cm³/mol. The Kier molecular flexibility index (Phi) is 4.53. The number of para-hydroxylation sites is 2. The Morgan fingerprint density at radius 1 is 1.16 bits per heavy atom. The third-order valence-electron chi connectivity index (χ3n) is 4.01. The molecule has 1 atom stereocenters.